The number of ether oxygens (including phenoxy) is 1. The molecule has 0 saturated carbocycles. The van der Waals surface area contributed by atoms with Crippen molar-refractivity contribution in [2.45, 2.75) is 39.2 Å². The van der Waals surface area contributed by atoms with Gasteiger partial charge in [-0.05, 0) is 44.9 Å². The van der Waals surface area contributed by atoms with Crippen LogP contribution in [-0.2, 0) is 0 Å². The maximum Gasteiger partial charge on any atom is 0.163 e. The first-order valence-electron chi connectivity index (χ1n) is 7.19. The molecule has 0 radical (unpaired) electrons. The van der Waals surface area contributed by atoms with E-state index < -0.39 is 0 Å². The summed E-state index contributed by atoms with van der Waals surface area (Å²) >= 11 is 0. The van der Waals surface area contributed by atoms with Gasteiger partial charge >= 0.3 is 0 Å². The summed E-state index contributed by atoms with van der Waals surface area (Å²) < 4.78 is 5.79. The van der Waals surface area contributed by atoms with E-state index in [2.05, 4.69) is 11.8 Å². The highest BCUT2D eigenvalue weighted by Crippen LogP contribution is 2.21. The Hall–Kier alpha value is -1.35. The van der Waals surface area contributed by atoms with Crippen molar-refractivity contribution < 1.29 is 9.53 Å². The lowest BCUT2D eigenvalue weighted by molar-refractivity contribution is 0.101. The van der Waals surface area contributed by atoms with E-state index in [1.807, 2.05) is 24.3 Å². The lowest BCUT2D eigenvalue weighted by Crippen LogP contribution is -2.32. The molecule has 0 bridgehead atoms. The second kappa shape index (κ2) is 6.71. The molecular weight excluding hydrogens is 238 g/mol. The quantitative estimate of drug-likeness (QED) is 0.737. The minimum absolute atomic E-state index is 0.0585. The van der Waals surface area contributed by atoms with Crippen LogP contribution >= 0.6 is 0 Å². The van der Waals surface area contributed by atoms with E-state index in [9.17, 15) is 4.79 Å². The molecule has 104 valence electrons. The SMILES string of the molecule is CCC1CCCN1CCOc1ccccc1C(C)=O. The van der Waals surface area contributed by atoms with E-state index in [4.69, 9.17) is 4.74 Å². The first-order chi connectivity index (χ1) is 9.22. The molecule has 0 spiro atoms. The van der Waals surface area contributed by atoms with Gasteiger partial charge in [0.25, 0.3) is 0 Å². The van der Waals surface area contributed by atoms with Crippen molar-refractivity contribution in [3.63, 3.8) is 0 Å². The Balaban J connectivity index is 1.87. The zero-order chi connectivity index (χ0) is 13.7. The molecule has 1 aromatic carbocycles. The minimum atomic E-state index is 0.0585. The van der Waals surface area contributed by atoms with Crippen LogP contribution in [0.4, 0.5) is 0 Å². The first-order valence-corrected chi connectivity index (χ1v) is 7.19. The number of benzene rings is 1. The number of rotatable bonds is 6. The number of hydrogen-bond donors (Lipinski definition) is 0. The molecule has 3 nitrogen and oxygen atoms in total. The molecular formula is C16H23NO2. The van der Waals surface area contributed by atoms with Crippen LogP contribution in [0, 0.1) is 0 Å². The summed E-state index contributed by atoms with van der Waals surface area (Å²) in [6.07, 6.45) is 3.81. The van der Waals surface area contributed by atoms with Crippen molar-refractivity contribution in [3.8, 4) is 5.75 Å². The molecule has 1 heterocycles. The van der Waals surface area contributed by atoms with Crippen LogP contribution in [0.3, 0.4) is 0 Å². The Morgan fingerprint density at radius 3 is 2.95 bits per heavy atom. The van der Waals surface area contributed by atoms with Gasteiger partial charge in [-0.1, -0.05) is 19.1 Å². The predicted molar refractivity (Wildman–Crippen MR) is 76.8 cm³/mol. The molecule has 0 aliphatic carbocycles. The lowest BCUT2D eigenvalue weighted by atomic mass is 10.1. The van der Waals surface area contributed by atoms with Gasteiger partial charge in [-0.15, -0.1) is 0 Å². The lowest BCUT2D eigenvalue weighted by Gasteiger charge is -2.23. The molecule has 1 fully saturated rings. The zero-order valence-electron chi connectivity index (χ0n) is 11.9. The van der Waals surface area contributed by atoms with Crippen molar-refractivity contribution in [2.75, 3.05) is 19.7 Å². The van der Waals surface area contributed by atoms with Gasteiger partial charge in [0.1, 0.15) is 12.4 Å². The van der Waals surface area contributed by atoms with E-state index in [1.165, 1.54) is 25.8 Å². The van der Waals surface area contributed by atoms with E-state index in [1.54, 1.807) is 6.92 Å². The second-order valence-corrected chi connectivity index (χ2v) is 5.14. The number of para-hydroxylation sites is 1. The second-order valence-electron chi connectivity index (χ2n) is 5.14. The number of Topliss-reactive ketones (excluding diaryl/α,β-unsaturated/α-hetero) is 1. The van der Waals surface area contributed by atoms with Gasteiger partial charge in [-0.3, -0.25) is 9.69 Å². The van der Waals surface area contributed by atoms with Crippen molar-refractivity contribution in [1.82, 2.24) is 4.90 Å². The smallest absolute Gasteiger partial charge is 0.163 e. The maximum atomic E-state index is 11.5. The third-order valence-corrected chi connectivity index (χ3v) is 3.87. The maximum absolute atomic E-state index is 11.5. The third kappa shape index (κ3) is 3.57. The zero-order valence-corrected chi connectivity index (χ0v) is 11.9. The normalized spacial score (nSPS) is 19.6. The molecule has 0 aromatic heterocycles. The highest BCUT2D eigenvalue weighted by atomic mass is 16.5. The number of nitrogens with zero attached hydrogens (tertiary/aromatic N) is 1. The Labute approximate surface area is 115 Å². The summed E-state index contributed by atoms with van der Waals surface area (Å²) in [5.41, 5.74) is 0.677. The fourth-order valence-corrected chi connectivity index (χ4v) is 2.81. The van der Waals surface area contributed by atoms with Crippen molar-refractivity contribution in [2.24, 2.45) is 0 Å². The van der Waals surface area contributed by atoms with Gasteiger partial charge in [-0.25, -0.2) is 0 Å². The predicted octanol–water partition coefficient (Wildman–Crippen LogP) is 3.14. The van der Waals surface area contributed by atoms with Crippen molar-refractivity contribution in [3.05, 3.63) is 29.8 Å². The summed E-state index contributed by atoms with van der Waals surface area (Å²) in [5.74, 6) is 0.769. The number of ketones is 1. The minimum Gasteiger partial charge on any atom is -0.491 e. The Morgan fingerprint density at radius 2 is 2.21 bits per heavy atom. The van der Waals surface area contributed by atoms with E-state index in [0.717, 1.165) is 6.54 Å². The highest BCUT2D eigenvalue weighted by molar-refractivity contribution is 5.96. The summed E-state index contributed by atoms with van der Waals surface area (Å²) in [6.45, 7) is 6.60. The average molecular weight is 261 g/mol. The monoisotopic (exact) mass is 261 g/mol. The molecule has 1 aliphatic rings. The summed E-state index contributed by atoms with van der Waals surface area (Å²) in [7, 11) is 0. The first kappa shape index (κ1) is 14.1. The van der Waals surface area contributed by atoms with Crippen LogP contribution in [0.15, 0.2) is 24.3 Å². The van der Waals surface area contributed by atoms with Crippen LogP contribution in [0.25, 0.3) is 0 Å². The van der Waals surface area contributed by atoms with Gasteiger partial charge in [0.05, 0.1) is 5.56 Å². The van der Waals surface area contributed by atoms with Gasteiger partial charge in [0.2, 0.25) is 0 Å². The standard InChI is InChI=1S/C16H23NO2/c1-3-14-7-6-10-17(14)11-12-19-16-9-5-4-8-15(16)13(2)18/h4-5,8-9,14H,3,6-7,10-12H2,1-2H3. The molecule has 1 aromatic rings. The number of carbonyl (C=O) groups excluding carboxylic acids is 1. The third-order valence-electron chi connectivity index (χ3n) is 3.87. The largest absolute Gasteiger partial charge is 0.491 e. The fourth-order valence-electron chi connectivity index (χ4n) is 2.81. The molecule has 0 amide bonds. The van der Waals surface area contributed by atoms with Crippen LogP contribution in [0.2, 0.25) is 0 Å². The molecule has 0 N–H and O–H groups in total. The molecule has 1 unspecified atom stereocenters. The van der Waals surface area contributed by atoms with Gasteiger partial charge in [-0.2, -0.15) is 0 Å². The molecule has 19 heavy (non-hydrogen) atoms. The number of likely N-dealkylation sites (tertiary alicyclic amines) is 1. The van der Waals surface area contributed by atoms with Crippen LogP contribution in [0.1, 0.15) is 43.5 Å². The summed E-state index contributed by atoms with van der Waals surface area (Å²) in [4.78, 5) is 14.0. The van der Waals surface area contributed by atoms with E-state index in [0.29, 0.717) is 24.0 Å². The summed E-state index contributed by atoms with van der Waals surface area (Å²) in [5, 5.41) is 0. The van der Waals surface area contributed by atoms with Gasteiger partial charge in [0.15, 0.2) is 5.78 Å². The Bertz CT molecular complexity index is 431. The van der Waals surface area contributed by atoms with Gasteiger partial charge < -0.3 is 4.74 Å². The highest BCUT2D eigenvalue weighted by Gasteiger charge is 2.22. The molecule has 1 aliphatic heterocycles. The Kier molecular flexibility index (Phi) is 4.97. The molecule has 1 atom stereocenters. The topological polar surface area (TPSA) is 29.5 Å². The van der Waals surface area contributed by atoms with Crippen molar-refractivity contribution >= 4 is 5.78 Å². The fraction of sp³-hybridized carbons (Fsp3) is 0.562. The molecule has 3 heteroatoms. The van der Waals surface area contributed by atoms with Crippen molar-refractivity contribution in [1.29, 1.82) is 0 Å². The van der Waals surface area contributed by atoms with Gasteiger partial charge in [0, 0.05) is 12.6 Å². The van der Waals surface area contributed by atoms with E-state index >= 15 is 0 Å². The van der Waals surface area contributed by atoms with Crippen LogP contribution < -0.4 is 4.74 Å². The van der Waals surface area contributed by atoms with Crippen LogP contribution in [0.5, 0.6) is 5.75 Å². The molecule has 2 rings (SSSR count). The van der Waals surface area contributed by atoms with Crippen LogP contribution in [-0.4, -0.2) is 36.4 Å². The summed E-state index contributed by atoms with van der Waals surface area (Å²) in [6, 6.07) is 8.19. The molecule has 1 saturated heterocycles. The average Bonchev–Trinajstić information content (AvgIpc) is 2.86. The number of hydrogen-bond acceptors (Lipinski definition) is 3. The Morgan fingerprint density at radius 1 is 1.42 bits per heavy atom. The number of carbonyl (C=O) groups is 1. The van der Waals surface area contributed by atoms with E-state index in [-0.39, 0.29) is 5.78 Å².